The molecule has 25 heavy (non-hydrogen) atoms. The van der Waals surface area contributed by atoms with Gasteiger partial charge in [0.15, 0.2) is 0 Å². The summed E-state index contributed by atoms with van der Waals surface area (Å²) in [6.45, 7) is 3.68. The molecule has 1 heterocycles. The summed E-state index contributed by atoms with van der Waals surface area (Å²) in [7, 11) is 0. The van der Waals surface area contributed by atoms with Crippen molar-refractivity contribution >= 4 is 10.9 Å². The fourth-order valence-electron chi connectivity index (χ4n) is 3.35. The zero-order valence-corrected chi connectivity index (χ0v) is 14.3. The van der Waals surface area contributed by atoms with Crippen molar-refractivity contribution < 1.29 is 23.0 Å². The standard InChI is InChI=1S/C19H22F3NO2/c1-11-3-5-13(6-4-11)25-17-10-9-16-14(18(17)19(20,21)22)7-8-15(23-16)12(2)24/h7-13,24H,3-6H2,1-2H3. The Morgan fingerprint density at radius 3 is 2.40 bits per heavy atom. The van der Waals surface area contributed by atoms with E-state index in [4.69, 9.17) is 4.74 Å². The topological polar surface area (TPSA) is 42.4 Å². The molecule has 136 valence electrons. The van der Waals surface area contributed by atoms with Gasteiger partial charge in [-0.15, -0.1) is 0 Å². The molecule has 6 heteroatoms. The fourth-order valence-corrected chi connectivity index (χ4v) is 3.35. The first kappa shape index (κ1) is 18.0. The second-order valence-electron chi connectivity index (χ2n) is 6.91. The van der Waals surface area contributed by atoms with Crippen LogP contribution in [-0.4, -0.2) is 16.2 Å². The molecule has 2 aromatic rings. The van der Waals surface area contributed by atoms with Crippen LogP contribution >= 0.6 is 0 Å². The lowest BCUT2D eigenvalue weighted by atomic mass is 9.89. The van der Waals surface area contributed by atoms with Crippen molar-refractivity contribution in [2.24, 2.45) is 5.92 Å². The quantitative estimate of drug-likeness (QED) is 0.818. The Kier molecular flexibility index (Phi) is 4.91. The van der Waals surface area contributed by atoms with Crippen LogP contribution in [0.2, 0.25) is 0 Å². The van der Waals surface area contributed by atoms with Gasteiger partial charge in [0.2, 0.25) is 0 Å². The number of hydrogen-bond acceptors (Lipinski definition) is 3. The normalized spacial score (nSPS) is 22.8. The predicted octanol–water partition coefficient (Wildman–Crippen LogP) is 5.26. The monoisotopic (exact) mass is 353 g/mol. The number of aliphatic hydroxyl groups is 1. The van der Waals surface area contributed by atoms with Crippen LogP contribution in [0.4, 0.5) is 13.2 Å². The van der Waals surface area contributed by atoms with Crippen LogP contribution in [0.1, 0.15) is 56.9 Å². The summed E-state index contributed by atoms with van der Waals surface area (Å²) in [5, 5.41) is 9.59. The van der Waals surface area contributed by atoms with E-state index in [-0.39, 0.29) is 22.8 Å². The molecule has 1 aromatic heterocycles. The number of pyridine rings is 1. The second kappa shape index (κ2) is 6.83. The maximum Gasteiger partial charge on any atom is 0.420 e. The average Bonchev–Trinajstić information content (AvgIpc) is 2.55. The average molecular weight is 353 g/mol. The Morgan fingerprint density at radius 2 is 1.80 bits per heavy atom. The van der Waals surface area contributed by atoms with Gasteiger partial charge >= 0.3 is 6.18 Å². The smallest absolute Gasteiger partial charge is 0.420 e. The number of nitrogens with zero attached hydrogens (tertiary/aromatic N) is 1. The molecule has 0 spiro atoms. The van der Waals surface area contributed by atoms with E-state index in [1.807, 2.05) is 0 Å². The van der Waals surface area contributed by atoms with Gasteiger partial charge in [0, 0.05) is 5.39 Å². The van der Waals surface area contributed by atoms with Crippen LogP contribution in [0.15, 0.2) is 24.3 Å². The molecule has 3 nitrogen and oxygen atoms in total. The van der Waals surface area contributed by atoms with Gasteiger partial charge in [0.1, 0.15) is 11.3 Å². The molecule has 0 bridgehead atoms. The second-order valence-corrected chi connectivity index (χ2v) is 6.91. The van der Waals surface area contributed by atoms with Gasteiger partial charge in [-0.2, -0.15) is 13.2 Å². The highest BCUT2D eigenvalue weighted by molar-refractivity contribution is 5.85. The number of aromatic nitrogens is 1. The van der Waals surface area contributed by atoms with E-state index in [2.05, 4.69) is 11.9 Å². The SMILES string of the molecule is CC1CCC(Oc2ccc3nc(C(C)O)ccc3c2C(F)(F)F)CC1. The van der Waals surface area contributed by atoms with Crippen LogP contribution in [0.25, 0.3) is 10.9 Å². The number of hydrogen-bond donors (Lipinski definition) is 1. The molecule has 3 rings (SSSR count). The fraction of sp³-hybridized carbons (Fsp3) is 0.526. The van der Waals surface area contributed by atoms with E-state index in [9.17, 15) is 18.3 Å². The Balaban J connectivity index is 2.01. The number of alkyl halides is 3. The maximum atomic E-state index is 13.7. The maximum absolute atomic E-state index is 13.7. The van der Waals surface area contributed by atoms with Gasteiger partial charge in [0.05, 0.1) is 23.4 Å². The Morgan fingerprint density at radius 1 is 1.12 bits per heavy atom. The zero-order valence-electron chi connectivity index (χ0n) is 14.3. The molecule has 0 aliphatic heterocycles. The Labute approximate surface area is 144 Å². The molecule has 1 aromatic carbocycles. The molecule has 0 radical (unpaired) electrons. The van der Waals surface area contributed by atoms with Gasteiger partial charge in [-0.25, -0.2) is 0 Å². The molecular weight excluding hydrogens is 331 g/mol. The molecule has 1 aliphatic carbocycles. The summed E-state index contributed by atoms with van der Waals surface area (Å²) >= 11 is 0. The highest BCUT2D eigenvalue weighted by atomic mass is 19.4. The van der Waals surface area contributed by atoms with Crippen LogP contribution in [-0.2, 0) is 6.18 Å². The predicted molar refractivity (Wildman–Crippen MR) is 89.4 cm³/mol. The summed E-state index contributed by atoms with van der Waals surface area (Å²) in [6.07, 6.45) is -2.06. The molecule has 1 fully saturated rings. The highest BCUT2D eigenvalue weighted by Crippen LogP contribution is 2.42. The summed E-state index contributed by atoms with van der Waals surface area (Å²) < 4.78 is 46.8. The third-order valence-electron chi connectivity index (χ3n) is 4.82. The molecule has 1 saturated carbocycles. The van der Waals surface area contributed by atoms with Crippen molar-refractivity contribution in [1.29, 1.82) is 0 Å². The minimum Gasteiger partial charge on any atom is -0.490 e. The van der Waals surface area contributed by atoms with Crippen molar-refractivity contribution in [3.8, 4) is 5.75 Å². The third kappa shape index (κ3) is 3.89. The molecule has 1 atom stereocenters. The van der Waals surface area contributed by atoms with E-state index >= 15 is 0 Å². The summed E-state index contributed by atoms with van der Waals surface area (Å²) in [6, 6.07) is 5.66. The van der Waals surface area contributed by atoms with Crippen LogP contribution in [0.5, 0.6) is 5.75 Å². The minimum absolute atomic E-state index is 0.00132. The lowest BCUT2D eigenvalue weighted by Crippen LogP contribution is -2.24. The van der Waals surface area contributed by atoms with E-state index < -0.39 is 17.8 Å². The van der Waals surface area contributed by atoms with E-state index in [1.54, 1.807) is 0 Å². The first-order valence-electron chi connectivity index (χ1n) is 8.61. The summed E-state index contributed by atoms with van der Waals surface area (Å²) in [5.74, 6) is 0.466. The highest BCUT2D eigenvalue weighted by Gasteiger charge is 2.37. The van der Waals surface area contributed by atoms with E-state index in [1.165, 1.54) is 31.2 Å². The van der Waals surface area contributed by atoms with Crippen molar-refractivity contribution in [1.82, 2.24) is 4.98 Å². The van der Waals surface area contributed by atoms with Gasteiger partial charge < -0.3 is 9.84 Å². The molecule has 0 saturated heterocycles. The van der Waals surface area contributed by atoms with Gasteiger partial charge in [0.25, 0.3) is 0 Å². The number of benzene rings is 1. The number of fused-ring (bicyclic) bond motifs is 1. The van der Waals surface area contributed by atoms with Crippen molar-refractivity contribution in [3.63, 3.8) is 0 Å². The number of rotatable bonds is 3. The summed E-state index contributed by atoms with van der Waals surface area (Å²) in [4.78, 5) is 4.14. The van der Waals surface area contributed by atoms with Crippen LogP contribution in [0, 0.1) is 5.92 Å². The number of aliphatic hydroxyl groups excluding tert-OH is 1. The van der Waals surface area contributed by atoms with Gasteiger partial charge in [-0.05, 0) is 56.7 Å². The Bertz CT molecular complexity index is 750. The molecule has 1 aliphatic rings. The number of halogens is 3. The van der Waals surface area contributed by atoms with Crippen molar-refractivity contribution in [3.05, 3.63) is 35.5 Å². The van der Waals surface area contributed by atoms with Gasteiger partial charge in [-0.3, -0.25) is 4.98 Å². The van der Waals surface area contributed by atoms with Gasteiger partial charge in [-0.1, -0.05) is 13.0 Å². The molecule has 1 N–H and O–H groups in total. The number of ether oxygens (including phenoxy) is 1. The van der Waals surface area contributed by atoms with Crippen molar-refractivity contribution in [2.45, 2.75) is 57.9 Å². The largest absolute Gasteiger partial charge is 0.490 e. The molecule has 1 unspecified atom stereocenters. The minimum atomic E-state index is -4.54. The lowest BCUT2D eigenvalue weighted by molar-refractivity contribution is -0.138. The summed E-state index contributed by atoms with van der Waals surface area (Å²) in [5.41, 5.74) is -0.237. The first-order chi connectivity index (χ1) is 11.8. The molecular formula is C19H22F3NO2. The molecule has 0 amide bonds. The Hall–Kier alpha value is -1.82. The zero-order chi connectivity index (χ0) is 18.2. The van der Waals surface area contributed by atoms with E-state index in [0.717, 1.165) is 25.7 Å². The third-order valence-corrected chi connectivity index (χ3v) is 4.82. The lowest BCUT2D eigenvalue weighted by Gasteiger charge is -2.28. The van der Waals surface area contributed by atoms with Crippen LogP contribution < -0.4 is 4.74 Å². The van der Waals surface area contributed by atoms with E-state index in [0.29, 0.717) is 11.6 Å². The van der Waals surface area contributed by atoms with Crippen LogP contribution in [0.3, 0.4) is 0 Å². The first-order valence-corrected chi connectivity index (χ1v) is 8.61. The van der Waals surface area contributed by atoms with Crippen molar-refractivity contribution in [2.75, 3.05) is 0 Å².